The van der Waals surface area contributed by atoms with E-state index in [1.54, 1.807) is 12.1 Å². The Kier molecular flexibility index (Phi) is 6.42. The number of likely N-dealkylation sites (tertiary alicyclic amines) is 1. The van der Waals surface area contributed by atoms with Crippen molar-refractivity contribution < 1.29 is 14.7 Å². The van der Waals surface area contributed by atoms with Crippen LogP contribution in [0.25, 0.3) is 0 Å². The number of carbonyl (C=O) groups is 2. The van der Waals surface area contributed by atoms with Gasteiger partial charge in [0.05, 0.1) is 0 Å². The van der Waals surface area contributed by atoms with E-state index in [0.29, 0.717) is 38.0 Å². The second-order valence-corrected chi connectivity index (χ2v) is 8.00. The standard InChI is InChI=1S/C24H29NO3/c1-18(2)22(26)13-15-25-16-14-24(28,23(27)20-11-7-4-8-12-20)21(17-25)19-9-5-3-6-10-19/h3-12,18,21,28H,13-17H2,1-2H3. The second kappa shape index (κ2) is 8.80. The summed E-state index contributed by atoms with van der Waals surface area (Å²) in [7, 11) is 0. The van der Waals surface area contributed by atoms with Crippen molar-refractivity contribution in [3.05, 3.63) is 71.8 Å². The lowest BCUT2D eigenvalue weighted by Crippen LogP contribution is -2.55. The summed E-state index contributed by atoms with van der Waals surface area (Å²) >= 11 is 0. The molecule has 28 heavy (non-hydrogen) atoms. The number of hydrogen-bond donors (Lipinski definition) is 1. The minimum atomic E-state index is -1.44. The van der Waals surface area contributed by atoms with Crippen LogP contribution in [-0.2, 0) is 4.79 Å². The van der Waals surface area contributed by atoms with Gasteiger partial charge in [0, 0.05) is 43.5 Å². The maximum Gasteiger partial charge on any atom is 0.195 e. The zero-order valence-electron chi connectivity index (χ0n) is 16.7. The van der Waals surface area contributed by atoms with E-state index >= 15 is 0 Å². The molecular weight excluding hydrogens is 350 g/mol. The highest BCUT2D eigenvalue weighted by Gasteiger charge is 2.48. The Morgan fingerprint density at radius 1 is 1.07 bits per heavy atom. The molecule has 1 N–H and O–H groups in total. The number of hydrogen-bond acceptors (Lipinski definition) is 4. The summed E-state index contributed by atoms with van der Waals surface area (Å²) in [4.78, 5) is 27.5. The molecule has 2 aromatic rings. The average molecular weight is 380 g/mol. The number of ketones is 2. The molecule has 0 bridgehead atoms. The average Bonchev–Trinajstić information content (AvgIpc) is 2.73. The Hall–Kier alpha value is -2.30. The lowest BCUT2D eigenvalue weighted by molar-refractivity contribution is -0.122. The van der Waals surface area contributed by atoms with E-state index in [4.69, 9.17) is 0 Å². The van der Waals surface area contributed by atoms with Gasteiger partial charge in [-0.1, -0.05) is 74.5 Å². The van der Waals surface area contributed by atoms with Crippen LogP contribution < -0.4 is 0 Å². The van der Waals surface area contributed by atoms with Crippen LogP contribution in [0.1, 0.15) is 48.5 Å². The monoisotopic (exact) mass is 379 g/mol. The summed E-state index contributed by atoms with van der Waals surface area (Å²) in [6, 6.07) is 18.8. The molecule has 1 aliphatic heterocycles. The molecule has 0 saturated carbocycles. The van der Waals surface area contributed by atoms with Gasteiger partial charge in [0.1, 0.15) is 11.4 Å². The maximum absolute atomic E-state index is 13.2. The smallest absolute Gasteiger partial charge is 0.195 e. The molecule has 1 saturated heterocycles. The molecule has 2 atom stereocenters. The molecule has 4 nitrogen and oxygen atoms in total. The summed E-state index contributed by atoms with van der Waals surface area (Å²) in [5, 5.41) is 11.5. The molecule has 0 aromatic heterocycles. The number of benzene rings is 2. The van der Waals surface area contributed by atoms with Crippen LogP contribution in [0.2, 0.25) is 0 Å². The van der Waals surface area contributed by atoms with E-state index in [1.165, 1.54) is 0 Å². The fourth-order valence-corrected chi connectivity index (χ4v) is 3.94. The van der Waals surface area contributed by atoms with E-state index in [9.17, 15) is 14.7 Å². The first-order valence-electron chi connectivity index (χ1n) is 10.0. The molecule has 2 unspecified atom stereocenters. The summed E-state index contributed by atoms with van der Waals surface area (Å²) in [6.07, 6.45) is 0.862. The molecule has 1 heterocycles. The molecule has 2 aromatic carbocycles. The van der Waals surface area contributed by atoms with Crippen molar-refractivity contribution in [1.82, 2.24) is 4.90 Å². The Morgan fingerprint density at radius 2 is 1.68 bits per heavy atom. The van der Waals surface area contributed by atoms with Gasteiger partial charge in [-0.05, 0) is 12.0 Å². The third-order valence-electron chi connectivity index (χ3n) is 5.78. The Balaban J connectivity index is 1.84. The number of Topliss-reactive ketones (excluding diaryl/α,β-unsaturated/α-hetero) is 2. The Morgan fingerprint density at radius 3 is 2.29 bits per heavy atom. The summed E-state index contributed by atoms with van der Waals surface area (Å²) < 4.78 is 0. The van der Waals surface area contributed by atoms with Crippen LogP contribution in [0, 0.1) is 5.92 Å². The number of carbonyl (C=O) groups excluding carboxylic acids is 2. The third-order valence-corrected chi connectivity index (χ3v) is 5.78. The van der Waals surface area contributed by atoms with Gasteiger partial charge in [-0.3, -0.25) is 9.59 Å². The molecule has 148 valence electrons. The minimum absolute atomic E-state index is 0.0336. The van der Waals surface area contributed by atoms with Crippen molar-refractivity contribution in [2.75, 3.05) is 19.6 Å². The van der Waals surface area contributed by atoms with Crippen molar-refractivity contribution in [3.8, 4) is 0 Å². The number of piperidine rings is 1. The first kappa shape index (κ1) is 20.4. The van der Waals surface area contributed by atoms with Crippen LogP contribution in [-0.4, -0.2) is 46.8 Å². The molecule has 1 aliphatic rings. The fraction of sp³-hybridized carbons (Fsp3) is 0.417. The molecule has 3 rings (SSSR count). The van der Waals surface area contributed by atoms with Crippen LogP contribution in [0.15, 0.2) is 60.7 Å². The molecule has 0 spiro atoms. The fourth-order valence-electron chi connectivity index (χ4n) is 3.94. The molecule has 0 aliphatic carbocycles. The van der Waals surface area contributed by atoms with Gasteiger partial charge in [-0.25, -0.2) is 0 Å². The normalized spacial score (nSPS) is 22.9. The SMILES string of the molecule is CC(C)C(=O)CCN1CCC(O)(C(=O)c2ccccc2)C(c2ccccc2)C1. The number of aliphatic hydroxyl groups is 1. The van der Waals surface area contributed by atoms with Crippen LogP contribution >= 0.6 is 0 Å². The van der Waals surface area contributed by atoms with E-state index in [1.807, 2.05) is 62.4 Å². The first-order valence-corrected chi connectivity index (χ1v) is 10.0. The van der Waals surface area contributed by atoms with Gasteiger partial charge in [-0.2, -0.15) is 0 Å². The zero-order chi connectivity index (χ0) is 20.1. The van der Waals surface area contributed by atoms with Crippen LogP contribution in [0.3, 0.4) is 0 Å². The van der Waals surface area contributed by atoms with Crippen LogP contribution in [0.5, 0.6) is 0 Å². The molecule has 0 amide bonds. The quantitative estimate of drug-likeness (QED) is 0.745. The van der Waals surface area contributed by atoms with Crippen molar-refractivity contribution in [3.63, 3.8) is 0 Å². The van der Waals surface area contributed by atoms with Crippen molar-refractivity contribution in [2.24, 2.45) is 5.92 Å². The maximum atomic E-state index is 13.2. The lowest BCUT2D eigenvalue weighted by atomic mass is 9.72. The van der Waals surface area contributed by atoms with Gasteiger partial charge in [0.15, 0.2) is 5.78 Å². The second-order valence-electron chi connectivity index (χ2n) is 8.00. The topological polar surface area (TPSA) is 57.6 Å². The minimum Gasteiger partial charge on any atom is -0.381 e. The zero-order valence-corrected chi connectivity index (χ0v) is 16.7. The Bertz CT molecular complexity index is 803. The van der Waals surface area contributed by atoms with E-state index in [-0.39, 0.29) is 23.4 Å². The largest absolute Gasteiger partial charge is 0.381 e. The van der Waals surface area contributed by atoms with E-state index in [0.717, 1.165) is 5.56 Å². The third kappa shape index (κ3) is 4.40. The number of nitrogens with zero attached hydrogens (tertiary/aromatic N) is 1. The summed E-state index contributed by atoms with van der Waals surface area (Å²) in [5.74, 6) is -0.270. The molecule has 0 radical (unpaired) electrons. The van der Waals surface area contributed by atoms with Gasteiger partial charge >= 0.3 is 0 Å². The highest BCUT2D eigenvalue weighted by atomic mass is 16.3. The summed E-state index contributed by atoms with van der Waals surface area (Å²) in [5.41, 5.74) is 0.0462. The Labute approximate surface area is 167 Å². The van der Waals surface area contributed by atoms with Gasteiger partial charge in [0.2, 0.25) is 0 Å². The first-order chi connectivity index (χ1) is 13.4. The number of rotatable bonds is 7. The lowest BCUT2D eigenvalue weighted by Gasteiger charge is -2.44. The van der Waals surface area contributed by atoms with Crippen molar-refractivity contribution in [2.45, 2.75) is 38.2 Å². The van der Waals surface area contributed by atoms with E-state index in [2.05, 4.69) is 4.90 Å². The molecular formula is C24H29NO3. The van der Waals surface area contributed by atoms with Gasteiger partial charge in [0.25, 0.3) is 0 Å². The van der Waals surface area contributed by atoms with Gasteiger partial charge < -0.3 is 10.0 Å². The highest BCUT2D eigenvalue weighted by molar-refractivity contribution is 6.03. The molecule has 4 heteroatoms. The summed E-state index contributed by atoms with van der Waals surface area (Å²) in [6.45, 7) is 5.66. The van der Waals surface area contributed by atoms with E-state index < -0.39 is 5.60 Å². The molecule has 1 fully saturated rings. The predicted octanol–water partition coefficient (Wildman–Crippen LogP) is 3.71. The van der Waals surface area contributed by atoms with Gasteiger partial charge in [-0.15, -0.1) is 0 Å². The van der Waals surface area contributed by atoms with Crippen molar-refractivity contribution >= 4 is 11.6 Å². The highest BCUT2D eigenvalue weighted by Crippen LogP contribution is 2.38. The predicted molar refractivity (Wildman–Crippen MR) is 110 cm³/mol. The van der Waals surface area contributed by atoms with Crippen LogP contribution in [0.4, 0.5) is 0 Å². The van der Waals surface area contributed by atoms with Crippen molar-refractivity contribution in [1.29, 1.82) is 0 Å².